The first kappa shape index (κ1) is 12.1. The topological polar surface area (TPSA) is 24.1 Å². The lowest BCUT2D eigenvalue weighted by atomic mass is 10.0. The fraction of sp³-hybridized carbons (Fsp3) is 0.538. The van der Waals surface area contributed by atoms with Gasteiger partial charge in [-0.2, -0.15) is 0 Å². The molecule has 84 valence electrons. The van der Waals surface area contributed by atoms with Gasteiger partial charge in [-0.1, -0.05) is 26.0 Å². The molecule has 0 aliphatic carbocycles. The fourth-order valence-corrected chi connectivity index (χ4v) is 1.48. The van der Waals surface area contributed by atoms with Crippen LogP contribution in [0.25, 0.3) is 0 Å². The summed E-state index contributed by atoms with van der Waals surface area (Å²) in [5.74, 6) is 0.614. The van der Waals surface area contributed by atoms with Crippen molar-refractivity contribution in [2.75, 3.05) is 25.5 Å². The molecule has 0 aliphatic rings. The van der Waals surface area contributed by atoms with Gasteiger partial charge in [-0.05, 0) is 43.6 Å². The molecule has 0 fully saturated rings. The molecule has 0 amide bonds. The van der Waals surface area contributed by atoms with Crippen LogP contribution in [0, 0.1) is 0 Å². The maximum absolute atomic E-state index is 3.41. The van der Waals surface area contributed by atoms with Crippen molar-refractivity contribution in [2.45, 2.75) is 26.2 Å². The average Bonchev–Trinajstić information content (AvgIpc) is 2.25. The lowest BCUT2D eigenvalue weighted by molar-refractivity contribution is 0.748. The van der Waals surface area contributed by atoms with E-state index in [1.165, 1.54) is 11.3 Å². The first-order chi connectivity index (χ1) is 7.24. The minimum absolute atomic E-state index is 0.614. The van der Waals surface area contributed by atoms with Crippen LogP contribution in [0.5, 0.6) is 0 Å². The molecule has 0 saturated heterocycles. The molecule has 1 rings (SSSR count). The van der Waals surface area contributed by atoms with Crippen LogP contribution in [-0.4, -0.2) is 20.1 Å². The first-order valence-corrected chi connectivity index (χ1v) is 5.72. The summed E-state index contributed by atoms with van der Waals surface area (Å²) in [6.07, 6.45) is 1.16. The minimum Gasteiger partial charge on any atom is -0.385 e. The summed E-state index contributed by atoms with van der Waals surface area (Å²) < 4.78 is 0. The van der Waals surface area contributed by atoms with Gasteiger partial charge >= 0.3 is 0 Å². The number of benzene rings is 1. The van der Waals surface area contributed by atoms with Crippen molar-refractivity contribution in [2.24, 2.45) is 0 Å². The Morgan fingerprint density at radius 2 is 1.73 bits per heavy atom. The van der Waals surface area contributed by atoms with Crippen molar-refractivity contribution >= 4 is 5.69 Å². The monoisotopic (exact) mass is 206 g/mol. The number of hydrogen-bond acceptors (Lipinski definition) is 2. The summed E-state index contributed by atoms with van der Waals surface area (Å²) in [5.41, 5.74) is 2.62. The molecule has 0 bridgehead atoms. The maximum atomic E-state index is 3.41. The largest absolute Gasteiger partial charge is 0.385 e. The number of hydrogen-bond donors (Lipinski definition) is 2. The molecule has 2 nitrogen and oxygen atoms in total. The van der Waals surface area contributed by atoms with E-state index in [2.05, 4.69) is 48.7 Å². The summed E-state index contributed by atoms with van der Waals surface area (Å²) in [6, 6.07) is 8.72. The van der Waals surface area contributed by atoms with Gasteiger partial charge in [0.1, 0.15) is 0 Å². The standard InChI is InChI=1S/C13H22N2/c1-11(2)12-5-7-13(8-6-12)15-10-4-9-14-3/h5-8,11,14-15H,4,9-10H2,1-3H3. The van der Waals surface area contributed by atoms with Crippen molar-refractivity contribution in [3.05, 3.63) is 29.8 Å². The van der Waals surface area contributed by atoms with Crippen molar-refractivity contribution in [3.63, 3.8) is 0 Å². The molecular formula is C13H22N2. The van der Waals surface area contributed by atoms with E-state index in [0.29, 0.717) is 5.92 Å². The zero-order chi connectivity index (χ0) is 11.1. The number of rotatable bonds is 6. The minimum atomic E-state index is 0.614. The predicted molar refractivity (Wildman–Crippen MR) is 67.6 cm³/mol. The molecule has 0 spiro atoms. The Morgan fingerprint density at radius 3 is 2.27 bits per heavy atom. The highest BCUT2D eigenvalue weighted by Gasteiger charge is 1.97. The maximum Gasteiger partial charge on any atom is 0.0340 e. The van der Waals surface area contributed by atoms with Crippen molar-refractivity contribution in [1.82, 2.24) is 5.32 Å². The molecule has 0 aliphatic heterocycles. The highest BCUT2D eigenvalue weighted by molar-refractivity contribution is 5.44. The summed E-state index contributed by atoms with van der Waals surface area (Å²) >= 11 is 0. The van der Waals surface area contributed by atoms with Crippen LogP contribution in [0.2, 0.25) is 0 Å². The first-order valence-electron chi connectivity index (χ1n) is 5.72. The van der Waals surface area contributed by atoms with Gasteiger partial charge in [0.15, 0.2) is 0 Å². The van der Waals surface area contributed by atoms with E-state index in [9.17, 15) is 0 Å². The SMILES string of the molecule is CNCCCNc1ccc(C(C)C)cc1. The molecule has 1 aromatic rings. The molecule has 0 radical (unpaired) electrons. The zero-order valence-electron chi connectivity index (χ0n) is 10.0. The molecule has 2 heteroatoms. The molecule has 0 saturated carbocycles. The van der Waals surface area contributed by atoms with Gasteiger partial charge in [-0.25, -0.2) is 0 Å². The van der Waals surface area contributed by atoms with E-state index in [1.807, 2.05) is 7.05 Å². The summed E-state index contributed by atoms with van der Waals surface area (Å²) in [7, 11) is 1.98. The van der Waals surface area contributed by atoms with E-state index in [-0.39, 0.29) is 0 Å². The lowest BCUT2D eigenvalue weighted by Crippen LogP contribution is -2.12. The van der Waals surface area contributed by atoms with Gasteiger partial charge in [-0.15, -0.1) is 0 Å². The molecule has 2 N–H and O–H groups in total. The Morgan fingerprint density at radius 1 is 1.07 bits per heavy atom. The zero-order valence-corrected chi connectivity index (χ0v) is 10.0. The van der Waals surface area contributed by atoms with Crippen LogP contribution in [0.1, 0.15) is 31.7 Å². The highest BCUT2D eigenvalue weighted by atomic mass is 14.9. The number of anilines is 1. The molecule has 1 aromatic carbocycles. The van der Waals surface area contributed by atoms with E-state index < -0.39 is 0 Å². The van der Waals surface area contributed by atoms with E-state index >= 15 is 0 Å². The Kier molecular flexibility index (Phi) is 5.19. The second-order valence-corrected chi connectivity index (χ2v) is 4.16. The summed E-state index contributed by atoms with van der Waals surface area (Å²) in [6.45, 7) is 6.53. The normalized spacial score (nSPS) is 10.7. The van der Waals surface area contributed by atoms with E-state index in [4.69, 9.17) is 0 Å². The fourth-order valence-electron chi connectivity index (χ4n) is 1.48. The number of nitrogens with one attached hydrogen (secondary N) is 2. The Hall–Kier alpha value is -1.02. The van der Waals surface area contributed by atoms with Gasteiger partial charge in [0.2, 0.25) is 0 Å². The molecule has 0 unspecified atom stereocenters. The Balaban J connectivity index is 2.36. The third-order valence-electron chi connectivity index (χ3n) is 2.51. The predicted octanol–water partition coefficient (Wildman–Crippen LogP) is 2.83. The van der Waals surface area contributed by atoms with E-state index in [1.54, 1.807) is 0 Å². The van der Waals surface area contributed by atoms with Crippen LogP contribution in [0.15, 0.2) is 24.3 Å². The average molecular weight is 206 g/mol. The Labute approximate surface area is 93.1 Å². The smallest absolute Gasteiger partial charge is 0.0340 e. The van der Waals surface area contributed by atoms with Crippen LogP contribution >= 0.6 is 0 Å². The second kappa shape index (κ2) is 6.46. The van der Waals surface area contributed by atoms with Gasteiger partial charge in [0.05, 0.1) is 0 Å². The van der Waals surface area contributed by atoms with Crippen LogP contribution in [0.3, 0.4) is 0 Å². The highest BCUT2D eigenvalue weighted by Crippen LogP contribution is 2.16. The van der Waals surface area contributed by atoms with Crippen molar-refractivity contribution in [1.29, 1.82) is 0 Å². The van der Waals surface area contributed by atoms with Crippen molar-refractivity contribution < 1.29 is 0 Å². The van der Waals surface area contributed by atoms with Gasteiger partial charge in [-0.3, -0.25) is 0 Å². The second-order valence-electron chi connectivity index (χ2n) is 4.16. The Bertz CT molecular complexity index is 264. The third kappa shape index (κ3) is 4.34. The summed E-state index contributed by atoms with van der Waals surface area (Å²) in [4.78, 5) is 0. The molecule has 0 heterocycles. The molecule has 15 heavy (non-hydrogen) atoms. The van der Waals surface area contributed by atoms with Gasteiger partial charge < -0.3 is 10.6 Å². The van der Waals surface area contributed by atoms with Crippen molar-refractivity contribution in [3.8, 4) is 0 Å². The van der Waals surface area contributed by atoms with Crippen LogP contribution in [0.4, 0.5) is 5.69 Å². The van der Waals surface area contributed by atoms with Gasteiger partial charge in [0.25, 0.3) is 0 Å². The summed E-state index contributed by atoms with van der Waals surface area (Å²) in [5, 5.41) is 6.54. The third-order valence-corrected chi connectivity index (χ3v) is 2.51. The van der Waals surface area contributed by atoms with Crippen LogP contribution in [-0.2, 0) is 0 Å². The van der Waals surface area contributed by atoms with E-state index in [0.717, 1.165) is 19.5 Å². The molecule has 0 aromatic heterocycles. The molecule has 0 atom stereocenters. The van der Waals surface area contributed by atoms with Gasteiger partial charge in [0, 0.05) is 12.2 Å². The van der Waals surface area contributed by atoms with Crippen LogP contribution < -0.4 is 10.6 Å². The quantitative estimate of drug-likeness (QED) is 0.699. The lowest BCUT2D eigenvalue weighted by Gasteiger charge is -2.09. The molecular weight excluding hydrogens is 184 g/mol.